The van der Waals surface area contributed by atoms with Crippen molar-refractivity contribution in [3.05, 3.63) is 102 Å². The number of fused-ring (bicyclic) bond motifs is 1. The first kappa shape index (κ1) is 26.0. The van der Waals surface area contributed by atoms with Gasteiger partial charge in [0.05, 0.1) is 5.70 Å². The lowest BCUT2D eigenvalue weighted by Gasteiger charge is -2.14. The van der Waals surface area contributed by atoms with Crippen molar-refractivity contribution in [2.75, 3.05) is 10.6 Å². The normalized spacial score (nSPS) is 19.8. The number of aromatic nitrogens is 1. The smallest absolute Gasteiger partial charge is 0.172 e. The van der Waals surface area contributed by atoms with E-state index in [1.807, 2.05) is 12.1 Å². The van der Waals surface area contributed by atoms with Crippen molar-refractivity contribution in [2.45, 2.75) is 46.3 Å². The van der Waals surface area contributed by atoms with Gasteiger partial charge in [0.1, 0.15) is 0 Å². The first-order valence-corrected chi connectivity index (χ1v) is 14.1. The molecule has 1 heterocycles. The first-order chi connectivity index (χ1) is 18.4. The van der Waals surface area contributed by atoms with Crippen LogP contribution in [0.15, 0.2) is 85.6 Å². The Morgan fingerprint density at radius 1 is 0.974 bits per heavy atom. The third kappa shape index (κ3) is 5.60. The summed E-state index contributed by atoms with van der Waals surface area (Å²) < 4.78 is 0. The molecule has 0 radical (unpaired) electrons. The maximum Gasteiger partial charge on any atom is 0.172 e. The van der Waals surface area contributed by atoms with E-state index < -0.39 is 0 Å². The Morgan fingerprint density at radius 3 is 2.34 bits per heavy atom. The SMILES string of the molecule is C=CNc1ccc(N/C(c2ccccc2)=c2\c(=C)[nH]c3cc(B(C)CCC4CC(C)C(C)C4)ccc23)cc1. The van der Waals surface area contributed by atoms with Crippen LogP contribution < -0.4 is 26.7 Å². The van der Waals surface area contributed by atoms with Crippen molar-refractivity contribution in [1.29, 1.82) is 0 Å². The van der Waals surface area contributed by atoms with Crippen molar-refractivity contribution in [1.82, 2.24) is 4.98 Å². The summed E-state index contributed by atoms with van der Waals surface area (Å²) in [5.41, 5.74) is 6.77. The second-order valence-corrected chi connectivity index (χ2v) is 11.3. The van der Waals surface area contributed by atoms with Gasteiger partial charge in [0, 0.05) is 32.8 Å². The van der Waals surface area contributed by atoms with E-state index >= 15 is 0 Å². The Hall–Kier alpha value is -3.66. The predicted molar refractivity (Wildman–Crippen MR) is 168 cm³/mol. The molecule has 38 heavy (non-hydrogen) atoms. The van der Waals surface area contributed by atoms with Gasteiger partial charge in [-0.25, -0.2) is 0 Å². The van der Waals surface area contributed by atoms with E-state index in [0.29, 0.717) is 6.71 Å². The molecular weight excluding hydrogens is 461 g/mol. The van der Waals surface area contributed by atoms with Crippen LogP contribution in [0.5, 0.6) is 0 Å². The zero-order valence-electron chi connectivity index (χ0n) is 23.1. The molecule has 3 N–H and O–H groups in total. The Balaban J connectivity index is 1.48. The molecule has 1 aromatic heterocycles. The van der Waals surface area contributed by atoms with Crippen molar-refractivity contribution in [2.24, 2.45) is 17.8 Å². The number of H-pyrrole nitrogens is 1. The highest BCUT2D eigenvalue weighted by Crippen LogP contribution is 2.38. The molecule has 2 unspecified atom stereocenters. The molecule has 4 heteroatoms. The summed E-state index contributed by atoms with van der Waals surface area (Å²) in [7, 11) is 0. The second-order valence-electron chi connectivity index (χ2n) is 11.3. The van der Waals surface area contributed by atoms with Gasteiger partial charge in [-0.2, -0.15) is 0 Å². The topological polar surface area (TPSA) is 39.8 Å². The van der Waals surface area contributed by atoms with Crippen LogP contribution in [0.2, 0.25) is 13.1 Å². The summed E-state index contributed by atoms with van der Waals surface area (Å²) in [6.07, 6.45) is 7.07. The molecule has 1 aliphatic rings. The lowest BCUT2D eigenvalue weighted by atomic mass is 9.44. The lowest BCUT2D eigenvalue weighted by molar-refractivity contribution is 0.457. The maximum atomic E-state index is 4.42. The molecule has 2 atom stereocenters. The number of nitrogens with one attached hydrogen (secondary N) is 3. The molecular formula is C34H40BN3. The van der Waals surface area contributed by atoms with Gasteiger partial charge in [-0.3, -0.25) is 0 Å². The molecule has 5 rings (SSSR count). The van der Waals surface area contributed by atoms with Crippen LogP contribution in [-0.2, 0) is 0 Å². The number of hydrogen-bond donors (Lipinski definition) is 3. The highest BCUT2D eigenvalue weighted by atomic mass is 14.9. The highest BCUT2D eigenvalue weighted by molar-refractivity contribution is 6.72. The average Bonchev–Trinajstić information content (AvgIpc) is 3.43. The highest BCUT2D eigenvalue weighted by Gasteiger charge is 2.28. The summed E-state index contributed by atoms with van der Waals surface area (Å²) in [6.45, 7) is 15.9. The quantitative estimate of drug-likeness (QED) is 0.221. The van der Waals surface area contributed by atoms with Crippen LogP contribution >= 0.6 is 0 Å². The third-order valence-electron chi connectivity index (χ3n) is 8.59. The van der Waals surface area contributed by atoms with Gasteiger partial charge in [-0.1, -0.05) is 94.5 Å². The van der Waals surface area contributed by atoms with E-state index in [2.05, 4.69) is 110 Å². The zero-order valence-corrected chi connectivity index (χ0v) is 23.1. The van der Waals surface area contributed by atoms with Gasteiger partial charge in [0.2, 0.25) is 0 Å². The van der Waals surface area contributed by atoms with Crippen LogP contribution in [0.3, 0.4) is 0 Å². The number of rotatable bonds is 9. The summed E-state index contributed by atoms with van der Waals surface area (Å²) >= 11 is 0. The van der Waals surface area contributed by atoms with Crippen LogP contribution in [-0.4, -0.2) is 11.7 Å². The number of hydrogen-bond acceptors (Lipinski definition) is 2. The Labute approximate surface area is 227 Å². The van der Waals surface area contributed by atoms with Gasteiger partial charge in [0.15, 0.2) is 6.71 Å². The van der Waals surface area contributed by atoms with E-state index in [4.69, 9.17) is 0 Å². The van der Waals surface area contributed by atoms with Gasteiger partial charge >= 0.3 is 0 Å². The largest absolute Gasteiger partial charge is 0.362 e. The van der Waals surface area contributed by atoms with E-state index in [9.17, 15) is 0 Å². The van der Waals surface area contributed by atoms with Crippen molar-refractivity contribution in [3.63, 3.8) is 0 Å². The Kier molecular flexibility index (Phi) is 7.78. The molecule has 0 aliphatic heterocycles. The molecule has 0 saturated heterocycles. The molecule has 1 fully saturated rings. The van der Waals surface area contributed by atoms with Crippen molar-refractivity contribution in [3.8, 4) is 0 Å². The van der Waals surface area contributed by atoms with Crippen LogP contribution in [0.1, 0.15) is 38.7 Å². The van der Waals surface area contributed by atoms with E-state index in [-0.39, 0.29) is 0 Å². The number of benzene rings is 3. The van der Waals surface area contributed by atoms with E-state index in [0.717, 1.165) is 56.5 Å². The van der Waals surface area contributed by atoms with Crippen LogP contribution in [0, 0.1) is 17.8 Å². The molecule has 0 bridgehead atoms. The van der Waals surface area contributed by atoms with Crippen LogP contribution in [0.4, 0.5) is 11.4 Å². The summed E-state index contributed by atoms with van der Waals surface area (Å²) in [4.78, 5) is 3.60. The third-order valence-corrected chi connectivity index (χ3v) is 8.59. The van der Waals surface area contributed by atoms with E-state index in [1.165, 1.54) is 36.4 Å². The minimum atomic E-state index is 0.545. The monoisotopic (exact) mass is 501 g/mol. The molecule has 3 nitrogen and oxygen atoms in total. The Morgan fingerprint density at radius 2 is 1.66 bits per heavy atom. The minimum absolute atomic E-state index is 0.545. The van der Waals surface area contributed by atoms with E-state index in [1.54, 1.807) is 6.20 Å². The zero-order chi connectivity index (χ0) is 26.6. The first-order valence-electron chi connectivity index (χ1n) is 14.1. The molecule has 1 saturated carbocycles. The van der Waals surface area contributed by atoms with Gasteiger partial charge in [-0.15, -0.1) is 0 Å². The maximum absolute atomic E-state index is 4.42. The number of anilines is 2. The summed E-state index contributed by atoms with van der Waals surface area (Å²) in [5.74, 6) is 2.65. The van der Waals surface area contributed by atoms with Crippen LogP contribution in [0.25, 0.3) is 23.2 Å². The predicted octanol–water partition coefficient (Wildman–Crippen LogP) is 6.81. The molecule has 4 aromatic rings. The molecule has 3 aromatic carbocycles. The lowest BCUT2D eigenvalue weighted by Crippen LogP contribution is -2.28. The molecule has 194 valence electrons. The minimum Gasteiger partial charge on any atom is -0.362 e. The van der Waals surface area contributed by atoms with Crippen molar-refractivity contribution >= 4 is 46.7 Å². The standard InChI is InChI=1S/C34H40BN3/c1-6-36-29-13-15-30(16-14-29)38-34(27-10-8-7-9-11-27)33-25(4)37-32-22-28(12-17-31(32)33)35(5)19-18-26-20-23(2)24(3)21-26/h6-17,22-24,26,36-38H,1,4,18-21H2,2-3,5H3/b34-33+. The fourth-order valence-corrected chi connectivity index (χ4v) is 6.16. The van der Waals surface area contributed by atoms with Crippen molar-refractivity contribution < 1.29 is 0 Å². The summed E-state index contributed by atoms with van der Waals surface area (Å²) in [5, 5.41) is 10.1. The average molecular weight is 502 g/mol. The summed E-state index contributed by atoms with van der Waals surface area (Å²) in [6, 6.07) is 25.7. The second kappa shape index (κ2) is 11.4. The molecule has 0 amide bonds. The fourth-order valence-electron chi connectivity index (χ4n) is 6.16. The van der Waals surface area contributed by atoms with Gasteiger partial charge in [-0.05, 0) is 72.7 Å². The molecule has 0 spiro atoms. The fraction of sp³-hybridized carbons (Fsp3) is 0.294. The number of aromatic amines is 1. The van der Waals surface area contributed by atoms with Gasteiger partial charge < -0.3 is 15.6 Å². The molecule has 1 aliphatic carbocycles. The Bertz CT molecular complexity index is 1490. The van der Waals surface area contributed by atoms with Gasteiger partial charge in [0.25, 0.3) is 0 Å².